The SMILES string of the molecule is O=C(NC1CCCCC1)S(=O)(=O)Nc1cnccc1Nc1cccc(C(F)(F)F)c1. The number of nitrogens with zero attached hydrogens (tertiary/aromatic N) is 1. The Morgan fingerprint density at radius 2 is 1.80 bits per heavy atom. The van der Waals surface area contributed by atoms with Crippen LogP contribution in [0.4, 0.5) is 35.0 Å². The number of aromatic nitrogens is 1. The van der Waals surface area contributed by atoms with Crippen molar-refractivity contribution >= 4 is 32.3 Å². The summed E-state index contributed by atoms with van der Waals surface area (Å²) >= 11 is 0. The summed E-state index contributed by atoms with van der Waals surface area (Å²) in [6, 6.07) is 5.65. The zero-order valence-electron chi connectivity index (χ0n) is 15.9. The summed E-state index contributed by atoms with van der Waals surface area (Å²) in [6.45, 7) is 0. The van der Waals surface area contributed by atoms with Gasteiger partial charge in [0, 0.05) is 17.9 Å². The number of sulfonamides is 1. The van der Waals surface area contributed by atoms with Crippen LogP contribution in [0.3, 0.4) is 0 Å². The lowest BCUT2D eigenvalue weighted by Crippen LogP contribution is -2.41. The number of rotatable bonds is 5. The van der Waals surface area contributed by atoms with Gasteiger partial charge in [-0.05, 0) is 37.1 Å². The number of amides is 1. The van der Waals surface area contributed by atoms with Crippen molar-refractivity contribution in [2.24, 2.45) is 0 Å². The third kappa shape index (κ3) is 5.62. The summed E-state index contributed by atoms with van der Waals surface area (Å²) in [6.07, 6.45) is 2.33. The average Bonchev–Trinajstić information content (AvgIpc) is 2.70. The van der Waals surface area contributed by atoms with Crippen molar-refractivity contribution in [1.82, 2.24) is 10.3 Å². The molecule has 1 aromatic heterocycles. The molecular weight excluding hydrogens is 421 g/mol. The second-order valence-electron chi connectivity index (χ2n) is 7.00. The van der Waals surface area contributed by atoms with Crippen LogP contribution in [0.25, 0.3) is 0 Å². The van der Waals surface area contributed by atoms with Crippen LogP contribution in [0.5, 0.6) is 0 Å². The van der Waals surface area contributed by atoms with Crippen LogP contribution in [0, 0.1) is 0 Å². The third-order valence-corrected chi connectivity index (χ3v) is 5.80. The highest BCUT2D eigenvalue weighted by Crippen LogP contribution is 2.32. The van der Waals surface area contributed by atoms with Gasteiger partial charge in [0.1, 0.15) is 0 Å². The molecule has 0 saturated heterocycles. The predicted octanol–water partition coefficient (Wildman–Crippen LogP) is 4.63. The van der Waals surface area contributed by atoms with Crippen molar-refractivity contribution in [3.05, 3.63) is 48.3 Å². The second-order valence-corrected chi connectivity index (χ2v) is 8.58. The molecule has 0 radical (unpaired) electrons. The van der Waals surface area contributed by atoms with Crippen LogP contribution in [-0.2, 0) is 16.2 Å². The standard InChI is InChI=1S/C19H21F3N4O3S/c20-19(21,22)13-5-4-8-15(11-13)24-16-9-10-23-12-17(16)26-30(28,29)18(27)25-14-6-2-1-3-7-14/h4-5,8-12,14,26H,1-3,6-7H2,(H,23,24)(H,25,27). The molecule has 1 amide bonds. The van der Waals surface area contributed by atoms with E-state index >= 15 is 0 Å². The van der Waals surface area contributed by atoms with Crippen molar-refractivity contribution in [1.29, 1.82) is 0 Å². The zero-order chi connectivity index (χ0) is 21.8. The largest absolute Gasteiger partial charge is 0.416 e. The first-order valence-electron chi connectivity index (χ1n) is 9.37. The molecule has 0 spiro atoms. The number of carbonyl (C=O) groups excluding carboxylic acids is 1. The van der Waals surface area contributed by atoms with Crippen LogP contribution in [0.1, 0.15) is 37.7 Å². The van der Waals surface area contributed by atoms with E-state index in [2.05, 4.69) is 20.3 Å². The molecule has 162 valence electrons. The van der Waals surface area contributed by atoms with Gasteiger partial charge in [0.25, 0.3) is 0 Å². The number of hydrogen-bond donors (Lipinski definition) is 3. The van der Waals surface area contributed by atoms with Gasteiger partial charge in [-0.2, -0.15) is 21.6 Å². The summed E-state index contributed by atoms with van der Waals surface area (Å²) in [7, 11) is -4.42. The van der Waals surface area contributed by atoms with E-state index in [1.807, 2.05) is 0 Å². The molecule has 0 unspecified atom stereocenters. The Morgan fingerprint density at radius 3 is 2.50 bits per heavy atom. The van der Waals surface area contributed by atoms with Gasteiger partial charge in [0.15, 0.2) is 0 Å². The van der Waals surface area contributed by atoms with E-state index in [0.29, 0.717) is 0 Å². The maximum absolute atomic E-state index is 12.9. The molecule has 2 aromatic rings. The molecule has 1 aliphatic carbocycles. The molecule has 1 fully saturated rings. The fourth-order valence-corrected chi connectivity index (χ4v) is 4.06. The fourth-order valence-electron chi connectivity index (χ4n) is 3.20. The average molecular weight is 442 g/mol. The topological polar surface area (TPSA) is 100 Å². The molecule has 1 aromatic carbocycles. The molecule has 11 heteroatoms. The summed E-state index contributed by atoms with van der Waals surface area (Å²) in [5.41, 5.74) is -0.661. The van der Waals surface area contributed by atoms with Gasteiger partial charge in [0.2, 0.25) is 0 Å². The van der Waals surface area contributed by atoms with E-state index in [1.54, 1.807) is 0 Å². The van der Waals surface area contributed by atoms with Gasteiger partial charge in [0.05, 0.1) is 23.1 Å². The van der Waals surface area contributed by atoms with E-state index in [1.165, 1.54) is 30.6 Å². The Hall–Kier alpha value is -2.82. The van der Waals surface area contributed by atoms with E-state index in [0.717, 1.165) is 44.2 Å². The van der Waals surface area contributed by atoms with E-state index < -0.39 is 27.0 Å². The Bertz CT molecular complexity index is 1010. The van der Waals surface area contributed by atoms with Gasteiger partial charge >= 0.3 is 21.4 Å². The minimum atomic E-state index is -4.52. The van der Waals surface area contributed by atoms with Crippen LogP contribution in [0.15, 0.2) is 42.7 Å². The highest BCUT2D eigenvalue weighted by Gasteiger charge is 2.30. The number of nitrogens with one attached hydrogen (secondary N) is 3. The first kappa shape index (κ1) is 21.9. The van der Waals surface area contributed by atoms with Crippen LogP contribution >= 0.6 is 0 Å². The predicted molar refractivity (Wildman–Crippen MR) is 107 cm³/mol. The van der Waals surface area contributed by atoms with Gasteiger partial charge in [-0.15, -0.1) is 0 Å². The summed E-state index contributed by atoms with van der Waals surface area (Å²) < 4.78 is 65.8. The smallest absolute Gasteiger partial charge is 0.354 e. The minimum absolute atomic E-state index is 0.0614. The van der Waals surface area contributed by atoms with Gasteiger partial charge in [-0.1, -0.05) is 25.3 Å². The third-order valence-electron chi connectivity index (χ3n) is 4.71. The summed E-state index contributed by atoms with van der Waals surface area (Å²) in [5, 5.41) is 4.10. The number of hydrogen-bond acceptors (Lipinski definition) is 5. The molecule has 0 bridgehead atoms. The number of carbonyl (C=O) groups is 1. The molecule has 30 heavy (non-hydrogen) atoms. The maximum Gasteiger partial charge on any atom is 0.416 e. The molecule has 1 heterocycles. The van der Waals surface area contributed by atoms with E-state index in [4.69, 9.17) is 0 Å². The Kier molecular flexibility index (Phi) is 6.49. The van der Waals surface area contributed by atoms with Crippen LogP contribution in [-0.4, -0.2) is 24.7 Å². The molecule has 3 N–H and O–H groups in total. The lowest BCUT2D eigenvalue weighted by Gasteiger charge is -2.22. The number of benzene rings is 1. The van der Waals surface area contributed by atoms with Crippen LogP contribution in [0.2, 0.25) is 0 Å². The van der Waals surface area contributed by atoms with Crippen molar-refractivity contribution in [3.63, 3.8) is 0 Å². The summed E-state index contributed by atoms with van der Waals surface area (Å²) in [5.74, 6) is 0. The molecule has 1 aliphatic rings. The van der Waals surface area contributed by atoms with Crippen molar-refractivity contribution in [2.45, 2.75) is 44.3 Å². The quantitative estimate of drug-likeness (QED) is 0.627. The van der Waals surface area contributed by atoms with E-state index in [9.17, 15) is 26.4 Å². The van der Waals surface area contributed by atoms with Gasteiger partial charge in [-0.3, -0.25) is 14.5 Å². The highest BCUT2D eigenvalue weighted by atomic mass is 32.2. The van der Waals surface area contributed by atoms with Crippen LogP contribution < -0.4 is 15.4 Å². The number of anilines is 3. The lowest BCUT2D eigenvalue weighted by molar-refractivity contribution is -0.137. The number of halogens is 3. The Morgan fingerprint density at radius 1 is 1.07 bits per heavy atom. The second kappa shape index (κ2) is 8.90. The molecule has 3 rings (SSSR count). The molecule has 7 nitrogen and oxygen atoms in total. The molecule has 0 aliphatic heterocycles. The van der Waals surface area contributed by atoms with E-state index in [-0.39, 0.29) is 23.1 Å². The summed E-state index contributed by atoms with van der Waals surface area (Å²) in [4.78, 5) is 16.1. The maximum atomic E-state index is 12.9. The minimum Gasteiger partial charge on any atom is -0.354 e. The monoisotopic (exact) mass is 442 g/mol. The molecule has 0 atom stereocenters. The van der Waals surface area contributed by atoms with Gasteiger partial charge < -0.3 is 10.6 Å². The molecular formula is C19H21F3N4O3S. The highest BCUT2D eigenvalue weighted by molar-refractivity contribution is 8.07. The van der Waals surface area contributed by atoms with Crippen molar-refractivity contribution in [2.75, 3.05) is 10.0 Å². The Labute approximate surface area is 172 Å². The normalized spacial score (nSPS) is 15.4. The number of alkyl halides is 3. The zero-order valence-corrected chi connectivity index (χ0v) is 16.7. The first-order valence-corrected chi connectivity index (χ1v) is 10.8. The number of pyridine rings is 1. The van der Waals surface area contributed by atoms with Crippen molar-refractivity contribution in [3.8, 4) is 0 Å². The lowest BCUT2D eigenvalue weighted by atomic mass is 9.96. The molecule has 1 saturated carbocycles. The van der Waals surface area contributed by atoms with Gasteiger partial charge in [-0.25, -0.2) is 0 Å². The first-order chi connectivity index (χ1) is 14.1. The fraction of sp³-hybridized carbons (Fsp3) is 0.368. The Balaban J connectivity index is 1.75. The van der Waals surface area contributed by atoms with Crippen molar-refractivity contribution < 1.29 is 26.4 Å².